The second kappa shape index (κ2) is 7.76. The lowest BCUT2D eigenvalue weighted by molar-refractivity contribution is 0.602. The van der Waals surface area contributed by atoms with E-state index in [9.17, 15) is 0 Å². The number of nitrogens with zero attached hydrogens (tertiary/aromatic N) is 1. The van der Waals surface area contributed by atoms with Crippen LogP contribution in [0, 0.1) is 0 Å². The van der Waals surface area contributed by atoms with Gasteiger partial charge < -0.3 is 4.42 Å². The minimum atomic E-state index is 0.845. The highest BCUT2D eigenvalue weighted by molar-refractivity contribution is 5.71. The molecular formula is C21H17NO. The first-order chi connectivity index (χ1) is 11.4. The quantitative estimate of drug-likeness (QED) is 0.445. The average Bonchev–Trinajstić information content (AvgIpc) is 3.11. The lowest BCUT2D eigenvalue weighted by Gasteiger charge is -1.92. The van der Waals surface area contributed by atoms with Crippen LogP contribution in [0.4, 0.5) is 0 Å². The predicted molar refractivity (Wildman–Crippen MR) is 95.8 cm³/mol. The van der Waals surface area contributed by atoms with Gasteiger partial charge >= 0.3 is 0 Å². The summed E-state index contributed by atoms with van der Waals surface area (Å²) in [6, 6.07) is 28.3. The number of hydrogen-bond acceptors (Lipinski definition) is 2. The van der Waals surface area contributed by atoms with Crippen LogP contribution in [0.15, 0.2) is 95.7 Å². The molecule has 4 aromatic rings. The van der Waals surface area contributed by atoms with Crippen LogP contribution in [0.25, 0.3) is 23.3 Å². The number of fused-ring (bicyclic) bond motifs is 1. The van der Waals surface area contributed by atoms with Gasteiger partial charge in [-0.05, 0) is 23.3 Å². The number of aromatic nitrogens is 1. The molecule has 2 nitrogen and oxygen atoms in total. The van der Waals surface area contributed by atoms with Crippen LogP contribution in [0.5, 0.6) is 0 Å². The van der Waals surface area contributed by atoms with Gasteiger partial charge in [0.15, 0.2) is 12.0 Å². The molecule has 112 valence electrons. The maximum absolute atomic E-state index is 5.01. The maximum Gasteiger partial charge on any atom is 0.181 e. The van der Waals surface area contributed by atoms with Crippen molar-refractivity contribution in [1.82, 2.24) is 4.98 Å². The largest absolute Gasteiger partial charge is 0.443 e. The molecule has 2 heteroatoms. The molecule has 0 saturated carbocycles. The van der Waals surface area contributed by atoms with Gasteiger partial charge in [-0.3, -0.25) is 0 Å². The van der Waals surface area contributed by atoms with E-state index in [-0.39, 0.29) is 0 Å². The van der Waals surface area contributed by atoms with Crippen molar-refractivity contribution >= 4 is 23.3 Å². The Bertz CT molecular complexity index is 792. The Kier molecular flexibility index (Phi) is 4.99. The van der Waals surface area contributed by atoms with E-state index in [0.717, 1.165) is 11.1 Å². The van der Waals surface area contributed by atoms with Crippen molar-refractivity contribution in [2.45, 2.75) is 0 Å². The van der Waals surface area contributed by atoms with Gasteiger partial charge in [0.25, 0.3) is 0 Å². The second-order valence-corrected chi connectivity index (χ2v) is 4.97. The molecule has 1 heterocycles. The van der Waals surface area contributed by atoms with E-state index in [1.807, 2.05) is 60.7 Å². The van der Waals surface area contributed by atoms with E-state index < -0.39 is 0 Å². The smallest absolute Gasteiger partial charge is 0.181 e. The molecule has 3 aromatic carbocycles. The summed E-state index contributed by atoms with van der Waals surface area (Å²) in [6.07, 6.45) is 5.69. The highest BCUT2D eigenvalue weighted by Crippen LogP contribution is 2.09. The van der Waals surface area contributed by atoms with Crippen LogP contribution in [-0.2, 0) is 0 Å². The molecule has 0 aliphatic rings. The molecular weight excluding hydrogens is 282 g/mol. The van der Waals surface area contributed by atoms with Crippen LogP contribution in [0.2, 0.25) is 0 Å². The number of rotatable bonds is 2. The number of hydrogen-bond donors (Lipinski definition) is 0. The van der Waals surface area contributed by atoms with E-state index in [1.54, 1.807) is 0 Å². The first-order valence-corrected chi connectivity index (χ1v) is 7.48. The molecule has 0 atom stereocenters. The summed E-state index contributed by atoms with van der Waals surface area (Å²) >= 11 is 0. The van der Waals surface area contributed by atoms with Crippen molar-refractivity contribution in [3.05, 3.63) is 102 Å². The molecule has 4 rings (SSSR count). The van der Waals surface area contributed by atoms with Gasteiger partial charge in [-0.25, -0.2) is 4.98 Å². The SMILES string of the molecule is C(=Cc1ccccc1)c1ccccc1.c1ccc2ocnc2c1. The maximum atomic E-state index is 5.01. The zero-order valence-corrected chi connectivity index (χ0v) is 12.7. The molecule has 0 unspecified atom stereocenters. The van der Waals surface area contributed by atoms with E-state index in [0.29, 0.717) is 0 Å². The molecule has 0 N–H and O–H groups in total. The van der Waals surface area contributed by atoms with Gasteiger partial charge in [0.05, 0.1) is 0 Å². The van der Waals surface area contributed by atoms with Gasteiger partial charge in [0.1, 0.15) is 5.52 Å². The fourth-order valence-corrected chi connectivity index (χ4v) is 2.12. The Morgan fingerprint density at radius 2 is 1.13 bits per heavy atom. The molecule has 0 saturated heterocycles. The van der Waals surface area contributed by atoms with Gasteiger partial charge in [-0.1, -0.05) is 84.9 Å². The zero-order chi connectivity index (χ0) is 15.7. The minimum absolute atomic E-state index is 0.845. The number of oxazole rings is 1. The van der Waals surface area contributed by atoms with Crippen LogP contribution in [-0.4, -0.2) is 4.98 Å². The predicted octanol–water partition coefficient (Wildman–Crippen LogP) is 5.68. The highest BCUT2D eigenvalue weighted by atomic mass is 16.3. The van der Waals surface area contributed by atoms with Crippen molar-refractivity contribution in [1.29, 1.82) is 0 Å². The van der Waals surface area contributed by atoms with E-state index in [4.69, 9.17) is 4.42 Å². The third-order valence-electron chi connectivity index (χ3n) is 3.30. The fraction of sp³-hybridized carbons (Fsp3) is 0. The summed E-state index contributed by atoms with van der Waals surface area (Å²) < 4.78 is 5.01. The zero-order valence-electron chi connectivity index (χ0n) is 12.7. The Morgan fingerprint density at radius 3 is 1.70 bits per heavy atom. The number of benzene rings is 3. The summed E-state index contributed by atoms with van der Waals surface area (Å²) in [7, 11) is 0. The first kappa shape index (κ1) is 14.8. The molecule has 1 aromatic heterocycles. The van der Waals surface area contributed by atoms with Crippen LogP contribution < -0.4 is 0 Å². The second-order valence-electron chi connectivity index (χ2n) is 4.97. The molecule has 0 spiro atoms. The van der Waals surface area contributed by atoms with E-state index in [1.165, 1.54) is 17.5 Å². The molecule has 0 radical (unpaired) electrons. The summed E-state index contributed by atoms with van der Waals surface area (Å²) in [6.45, 7) is 0. The fourth-order valence-electron chi connectivity index (χ4n) is 2.12. The minimum Gasteiger partial charge on any atom is -0.443 e. The van der Waals surface area contributed by atoms with Gasteiger partial charge in [-0.2, -0.15) is 0 Å². The third-order valence-corrected chi connectivity index (χ3v) is 3.30. The standard InChI is InChI=1S/C14H12.C7H5NO/c1-3-7-13(8-4-1)11-12-14-9-5-2-6-10-14;1-2-4-7-6(3-1)8-5-9-7/h1-12H;1-5H. The van der Waals surface area contributed by atoms with Crippen LogP contribution in [0.3, 0.4) is 0 Å². The Hall–Kier alpha value is -3.13. The monoisotopic (exact) mass is 299 g/mol. The normalized spacial score (nSPS) is 10.4. The van der Waals surface area contributed by atoms with E-state index >= 15 is 0 Å². The van der Waals surface area contributed by atoms with Crippen molar-refractivity contribution in [3.8, 4) is 0 Å². The topological polar surface area (TPSA) is 26.0 Å². The van der Waals surface area contributed by atoms with Crippen LogP contribution in [0.1, 0.15) is 11.1 Å². The molecule has 23 heavy (non-hydrogen) atoms. The lowest BCUT2D eigenvalue weighted by atomic mass is 10.1. The molecule has 0 amide bonds. The van der Waals surface area contributed by atoms with Gasteiger partial charge in [-0.15, -0.1) is 0 Å². The van der Waals surface area contributed by atoms with Crippen molar-refractivity contribution in [2.24, 2.45) is 0 Å². The summed E-state index contributed by atoms with van der Waals surface area (Å²) in [5.74, 6) is 0. The molecule has 0 bridgehead atoms. The molecule has 0 aliphatic heterocycles. The Morgan fingerprint density at radius 1 is 0.609 bits per heavy atom. The van der Waals surface area contributed by atoms with Crippen molar-refractivity contribution in [2.75, 3.05) is 0 Å². The lowest BCUT2D eigenvalue weighted by Crippen LogP contribution is -1.70. The Labute approximate surface area is 135 Å². The highest BCUT2D eigenvalue weighted by Gasteiger charge is 1.91. The summed E-state index contributed by atoms with van der Waals surface area (Å²) in [4.78, 5) is 3.95. The Balaban J connectivity index is 0.000000149. The summed E-state index contributed by atoms with van der Waals surface area (Å²) in [5.41, 5.74) is 4.22. The molecule has 0 fully saturated rings. The third kappa shape index (κ3) is 4.42. The van der Waals surface area contributed by atoms with Gasteiger partial charge in [0.2, 0.25) is 0 Å². The van der Waals surface area contributed by atoms with Crippen molar-refractivity contribution < 1.29 is 4.42 Å². The van der Waals surface area contributed by atoms with Crippen LogP contribution >= 0.6 is 0 Å². The first-order valence-electron chi connectivity index (χ1n) is 7.48. The van der Waals surface area contributed by atoms with E-state index in [2.05, 4.69) is 41.4 Å². The van der Waals surface area contributed by atoms with Gasteiger partial charge in [0, 0.05) is 0 Å². The average molecular weight is 299 g/mol. The molecule has 0 aliphatic carbocycles. The van der Waals surface area contributed by atoms with Crippen molar-refractivity contribution in [3.63, 3.8) is 0 Å². The summed E-state index contributed by atoms with van der Waals surface area (Å²) in [5, 5.41) is 0. The number of para-hydroxylation sites is 2.